The van der Waals surface area contributed by atoms with Crippen LogP contribution in [0, 0.1) is 6.92 Å². The number of hydrogen-bond donors (Lipinski definition) is 1. The molecule has 1 aliphatic carbocycles. The van der Waals surface area contributed by atoms with Crippen molar-refractivity contribution in [3.05, 3.63) is 64.7 Å². The molecule has 3 aromatic rings. The molecule has 0 atom stereocenters. The molecule has 9 heteroatoms. The molecule has 1 saturated carbocycles. The van der Waals surface area contributed by atoms with Crippen LogP contribution in [0.1, 0.15) is 34.5 Å². The lowest BCUT2D eigenvalue weighted by Gasteiger charge is -2.10. The molecule has 31 heavy (non-hydrogen) atoms. The van der Waals surface area contributed by atoms with Crippen molar-refractivity contribution in [1.29, 1.82) is 0 Å². The fraction of sp³-hybridized carbons (Fsp3) is 0.273. The SMILES string of the molecule is COc1cccc(-c2nc(COC(=O)c3cc(S(=O)(=O)NC4CC4)ccc3C)cs2)c1. The van der Waals surface area contributed by atoms with Gasteiger partial charge in [0.1, 0.15) is 17.4 Å². The van der Waals surface area contributed by atoms with Crippen molar-refractivity contribution in [1.82, 2.24) is 9.71 Å². The number of carbonyl (C=O) groups excluding carboxylic acids is 1. The molecule has 1 aromatic heterocycles. The Kier molecular flexibility index (Phi) is 6.08. The lowest BCUT2D eigenvalue weighted by atomic mass is 10.1. The molecule has 0 bridgehead atoms. The molecule has 7 nitrogen and oxygen atoms in total. The maximum atomic E-state index is 12.6. The first-order valence-corrected chi connectivity index (χ1v) is 12.1. The van der Waals surface area contributed by atoms with Gasteiger partial charge in [0, 0.05) is 17.0 Å². The maximum absolute atomic E-state index is 12.6. The van der Waals surface area contributed by atoms with Crippen molar-refractivity contribution in [2.75, 3.05) is 7.11 Å². The van der Waals surface area contributed by atoms with Gasteiger partial charge in [0.05, 0.1) is 23.3 Å². The first kappa shape index (κ1) is 21.5. The Balaban J connectivity index is 1.45. The summed E-state index contributed by atoms with van der Waals surface area (Å²) in [4.78, 5) is 17.2. The highest BCUT2D eigenvalue weighted by Gasteiger charge is 2.28. The Bertz CT molecular complexity index is 1220. The summed E-state index contributed by atoms with van der Waals surface area (Å²) in [6.45, 7) is 1.74. The normalized spacial score (nSPS) is 13.7. The molecule has 0 unspecified atom stereocenters. The van der Waals surface area contributed by atoms with E-state index in [0.717, 1.165) is 29.2 Å². The predicted molar refractivity (Wildman–Crippen MR) is 118 cm³/mol. The van der Waals surface area contributed by atoms with Crippen molar-refractivity contribution in [2.24, 2.45) is 0 Å². The molecule has 1 fully saturated rings. The first-order valence-electron chi connectivity index (χ1n) is 9.74. The molecule has 0 radical (unpaired) electrons. The van der Waals surface area contributed by atoms with Gasteiger partial charge in [-0.05, 0) is 49.6 Å². The number of aryl methyl sites for hydroxylation is 1. The topological polar surface area (TPSA) is 94.6 Å². The van der Waals surface area contributed by atoms with Crippen LogP contribution in [0.4, 0.5) is 0 Å². The number of carbonyl (C=O) groups is 1. The Morgan fingerprint density at radius 3 is 2.77 bits per heavy atom. The Hall–Kier alpha value is -2.75. The van der Waals surface area contributed by atoms with Crippen LogP contribution >= 0.6 is 11.3 Å². The molecule has 1 aliphatic rings. The van der Waals surface area contributed by atoms with Crippen molar-refractivity contribution < 1.29 is 22.7 Å². The van der Waals surface area contributed by atoms with E-state index in [0.29, 0.717) is 11.3 Å². The van der Waals surface area contributed by atoms with Crippen LogP contribution < -0.4 is 9.46 Å². The minimum atomic E-state index is -3.65. The number of rotatable bonds is 8. The molecule has 0 saturated heterocycles. The van der Waals surface area contributed by atoms with Crippen LogP contribution in [0.3, 0.4) is 0 Å². The van der Waals surface area contributed by atoms with Gasteiger partial charge in [0.15, 0.2) is 0 Å². The molecule has 0 spiro atoms. The van der Waals surface area contributed by atoms with Crippen LogP contribution in [0.15, 0.2) is 52.7 Å². The molecule has 4 rings (SSSR count). The Labute approximate surface area is 185 Å². The van der Waals surface area contributed by atoms with Crippen LogP contribution in [-0.2, 0) is 21.4 Å². The van der Waals surface area contributed by atoms with Gasteiger partial charge >= 0.3 is 5.97 Å². The molecule has 0 aliphatic heterocycles. The third-order valence-electron chi connectivity index (χ3n) is 4.86. The summed E-state index contributed by atoms with van der Waals surface area (Å²) in [6, 6.07) is 12.0. The van der Waals surface area contributed by atoms with Gasteiger partial charge in [-0.15, -0.1) is 11.3 Å². The summed E-state index contributed by atoms with van der Waals surface area (Å²) in [5, 5.41) is 2.62. The lowest BCUT2D eigenvalue weighted by Crippen LogP contribution is -2.26. The molecule has 2 aromatic carbocycles. The number of ether oxygens (including phenoxy) is 2. The molecule has 1 N–H and O–H groups in total. The van der Waals surface area contributed by atoms with Gasteiger partial charge in [-0.25, -0.2) is 22.9 Å². The molecular formula is C22H22N2O5S2. The van der Waals surface area contributed by atoms with E-state index in [2.05, 4.69) is 9.71 Å². The zero-order valence-electron chi connectivity index (χ0n) is 17.1. The van der Waals surface area contributed by atoms with Gasteiger partial charge < -0.3 is 9.47 Å². The van der Waals surface area contributed by atoms with Crippen molar-refractivity contribution >= 4 is 27.3 Å². The number of nitrogens with zero attached hydrogens (tertiary/aromatic N) is 1. The van der Waals surface area contributed by atoms with E-state index in [1.54, 1.807) is 20.1 Å². The van der Waals surface area contributed by atoms with Gasteiger partial charge in [0.2, 0.25) is 10.0 Å². The summed E-state index contributed by atoms with van der Waals surface area (Å²) in [7, 11) is -2.04. The Morgan fingerprint density at radius 2 is 2.03 bits per heavy atom. The van der Waals surface area contributed by atoms with Crippen molar-refractivity contribution in [2.45, 2.75) is 37.3 Å². The molecule has 162 valence electrons. The fourth-order valence-electron chi connectivity index (χ4n) is 2.96. The zero-order chi connectivity index (χ0) is 22.0. The average Bonchev–Trinajstić information content (AvgIpc) is 3.43. The predicted octanol–water partition coefficient (Wildman–Crippen LogP) is 3.92. The zero-order valence-corrected chi connectivity index (χ0v) is 18.8. The number of benzene rings is 2. The van der Waals surface area contributed by atoms with E-state index < -0.39 is 16.0 Å². The van der Waals surface area contributed by atoms with Gasteiger partial charge in [0.25, 0.3) is 0 Å². The number of esters is 1. The summed E-state index contributed by atoms with van der Waals surface area (Å²) < 4.78 is 38.2. The van der Waals surface area contributed by atoms with Crippen LogP contribution in [0.5, 0.6) is 5.75 Å². The second-order valence-electron chi connectivity index (χ2n) is 7.32. The van der Waals surface area contributed by atoms with E-state index in [-0.39, 0.29) is 23.1 Å². The number of thiazole rings is 1. The highest BCUT2D eigenvalue weighted by molar-refractivity contribution is 7.89. The maximum Gasteiger partial charge on any atom is 0.338 e. The second-order valence-corrected chi connectivity index (χ2v) is 9.90. The van der Waals surface area contributed by atoms with Gasteiger partial charge in [-0.1, -0.05) is 18.2 Å². The highest BCUT2D eigenvalue weighted by Crippen LogP contribution is 2.27. The third kappa shape index (κ3) is 5.12. The fourth-order valence-corrected chi connectivity index (χ4v) is 5.09. The van der Waals surface area contributed by atoms with Gasteiger partial charge in [-0.2, -0.15) is 0 Å². The first-order chi connectivity index (χ1) is 14.9. The number of nitrogens with one attached hydrogen (secondary N) is 1. The minimum absolute atomic E-state index is 0.00393. The standard InChI is InChI=1S/C22H22N2O5S2/c1-14-6-9-19(31(26,27)24-16-7-8-16)11-20(14)22(25)29-12-17-13-30-21(23-17)15-4-3-5-18(10-15)28-2/h3-6,9-11,13,16,24H,7-8,12H2,1-2H3. The quantitative estimate of drug-likeness (QED) is 0.514. The highest BCUT2D eigenvalue weighted by atomic mass is 32.2. The largest absolute Gasteiger partial charge is 0.497 e. The summed E-state index contributed by atoms with van der Waals surface area (Å²) in [5.41, 5.74) is 2.40. The molecule has 1 heterocycles. The van der Waals surface area contributed by atoms with E-state index in [1.165, 1.54) is 23.5 Å². The monoisotopic (exact) mass is 458 g/mol. The summed E-state index contributed by atoms with van der Waals surface area (Å²) >= 11 is 1.44. The molecular weight excluding hydrogens is 436 g/mol. The van der Waals surface area contributed by atoms with Crippen molar-refractivity contribution in [3.8, 4) is 16.3 Å². The second kappa shape index (κ2) is 8.78. The van der Waals surface area contributed by atoms with Crippen LogP contribution in [-0.4, -0.2) is 32.5 Å². The van der Waals surface area contributed by atoms with Crippen LogP contribution in [0.2, 0.25) is 0 Å². The van der Waals surface area contributed by atoms with E-state index in [9.17, 15) is 13.2 Å². The van der Waals surface area contributed by atoms with E-state index in [1.807, 2.05) is 29.6 Å². The van der Waals surface area contributed by atoms with Crippen LogP contribution in [0.25, 0.3) is 10.6 Å². The number of methoxy groups -OCH3 is 1. The third-order valence-corrected chi connectivity index (χ3v) is 7.32. The van der Waals surface area contributed by atoms with E-state index in [4.69, 9.17) is 9.47 Å². The summed E-state index contributed by atoms with van der Waals surface area (Å²) in [6.07, 6.45) is 1.68. The number of sulfonamides is 1. The number of hydrogen-bond acceptors (Lipinski definition) is 7. The number of aromatic nitrogens is 1. The summed E-state index contributed by atoms with van der Waals surface area (Å²) in [5.74, 6) is 0.152. The van der Waals surface area contributed by atoms with E-state index >= 15 is 0 Å². The van der Waals surface area contributed by atoms with Gasteiger partial charge in [-0.3, -0.25) is 0 Å². The van der Waals surface area contributed by atoms with Crippen molar-refractivity contribution in [3.63, 3.8) is 0 Å². The molecule has 0 amide bonds. The minimum Gasteiger partial charge on any atom is -0.497 e. The lowest BCUT2D eigenvalue weighted by molar-refractivity contribution is 0.0467. The smallest absolute Gasteiger partial charge is 0.338 e. The Morgan fingerprint density at radius 1 is 1.23 bits per heavy atom. The average molecular weight is 459 g/mol.